The monoisotopic (exact) mass is 527 g/mol. The Balaban J connectivity index is 1.02. The van der Waals surface area contributed by atoms with E-state index in [1.807, 2.05) is 54.0 Å². The number of anilines is 1. The first-order valence-electron chi connectivity index (χ1n) is 14.1. The summed E-state index contributed by atoms with van der Waals surface area (Å²) in [6, 6.07) is 16.8. The topological polar surface area (TPSA) is 91.8 Å². The van der Waals surface area contributed by atoms with Crippen LogP contribution in [0.3, 0.4) is 0 Å². The Hall–Kier alpha value is -3.65. The molecule has 0 spiro atoms. The summed E-state index contributed by atoms with van der Waals surface area (Å²) in [5.74, 6) is 0.997. The molecule has 2 aromatic carbocycles. The second-order valence-electron chi connectivity index (χ2n) is 11.3. The normalized spacial score (nSPS) is 24.3. The van der Waals surface area contributed by atoms with Crippen LogP contribution in [-0.4, -0.2) is 58.0 Å². The van der Waals surface area contributed by atoms with Crippen molar-refractivity contribution in [3.8, 4) is 11.3 Å². The van der Waals surface area contributed by atoms with Gasteiger partial charge in [-0.1, -0.05) is 37.3 Å². The number of aryl methyl sites for hydroxylation is 2. The molecule has 6 rings (SSSR count). The molecule has 3 unspecified atom stereocenters. The Bertz CT molecular complexity index is 1360. The number of carbonyl (C=O) groups is 2. The van der Waals surface area contributed by atoms with E-state index >= 15 is 0 Å². The van der Waals surface area contributed by atoms with Gasteiger partial charge in [-0.15, -0.1) is 0 Å². The molecule has 1 aliphatic carbocycles. The van der Waals surface area contributed by atoms with Crippen molar-refractivity contribution in [3.63, 3.8) is 0 Å². The molecule has 4 atom stereocenters. The molecule has 2 aliphatic heterocycles. The third kappa shape index (κ3) is 5.30. The molecule has 2 amide bonds. The molecule has 3 fully saturated rings. The molecule has 0 bridgehead atoms. The summed E-state index contributed by atoms with van der Waals surface area (Å²) < 4.78 is 7.87. The second kappa shape index (κ2) is 10.5. The molecular weight excluding hydrogens is 490 g/mol. The highest BCUT2D eigenvalue weighted by Gasteiger charge is 2.47. The number of benzene rings is 2. The van der Waals surface area contributed by atoms with E-state index in [0.29, 0.717) is 23.8 Å². The lowest BCUT2D eigenvalue weighted by Crippen LogP contribution is -2.48. The summed E-state index contributed by atoms with van der Waals surface area (Å²) in [6.07, 6.45) is 5.50. The summed E-state index contributed by atoms with van der Waals surface area (Å²) in [5, 5.41) is 10.9. The smallest absolute Gasteiger partial charge is 0.253 e. The zero-order valence-electron chi connectivity index (χ0n) is 22.9. The lowest BCUT2D eigenvalue weighted by molar-refractivity contribution is -0.121. The highest BCUT2D eigenvalue weighted by atomic mass is 16.6. The standard InChI is InChI=1S/C31H37N5O3/c1-4-28(37)33-25-12-11-22(15-25)29-30(39-29)34-26-16-23(6-5-19(26)2)31(38)36-17-24(18-36)20-7-9-21(10-8-20)27-13-14-32-35(27)3/h5-10,13-14,16,22,24-25,29-30,34H,4,11-12,15,17-18H2,1-3H3,(H,33,37)/t22-,25?,29?,30?/m1/s1. The molecule has 2 saturated heterocycles. The molecule has 8 nitrogen and oxygen atoms in total. The quantitative estimate of drug-likeness (QED) is 0.422. The van der Waals surface area contributed by atoms with Crippen LogP contribution in [0.25, 0.3) is 11.3 Å². The van der Waals surface area contributed by atoms with E-state index < -0.39 is 0 Å². The Morgan fingerprint density at radius 3 is 2.59 bits per heavy atom. The van der Waals surface area contributed by atoms with Crippen LogP contribution in [0.1, 0.15) is 60.0 Å². The maximum Gasteiger partial charge on any atom is 0.253 e. The van der Waals surface area contributed by atoms with Gasteiger partial charge < -0.3 is 20.3 Å². The van der Waals surface area contributed by atoms with Gasteiger partial charge in [0.1, 0.15) is 6.10 Å². The van der Waals surface area contributed by atoms with Crippen molar-refractivity contribution in [1.29, 1.82) is 0 Å². The van der Waals surface area contributed by atoms with Crippen LogP contribution in [-0.2, 0) is 16.6 Å². The van der Waals surface area contributed by atoms with Crippen LogP contribution in [0, 0.1) is 12.8 Å². The molecule has 1 aromatic heterocycles. The Kier molecular flexibility index (Phi) is 6.89. The molecule has 3 heterocycles. The Morgan fingerprint density at radius 2 is 1.87 bits per heavy atom. The highest BCUT2D eigenvalue weighted by molar-refractivity contribution is 5.96. The fraction of sp³-hybridized carbons (Fsp3) is 0.452. The average molecular weight is 528 g/mol. The van der Waals surface area contributed by atoms with Crippen LogP contribution >= 0.6 is 0 Å². The zero-order chi connectivity index (χ0) is 27.1. The fourth-order valence-corrected chi connectivity index (χ4v) is 6.06. The molecule has 39 heavy (non-hydrogen) atoms. The molecule has 8 heteroatoms. The van der Waals surface area contributed by atoms with E-state index in [4.69, 9.17) is 4.74 Å². The van der Waals surface area contributed by atoms with Crippen LogP contribution in [0.4, 0.5) is 5.69 Å². The first kappa shape index (κ1) is 25.6. The van der Waals surface area contributed by atoms with Crippen molar-refractivity contribution in [2.24, 2.45) is 13.0 Å². The number of rotatable bonds is 8. The highest BCUT2D eigenvalue weighted by Crippen LogP contribution is 2.40. The lowest BCUT2D eigenvalue weighted by atomic mass is 9.90. The summed E-state index contributed by atoms with van der Waals surface area (Å²) in [5.41, 5.74) is 6.24. The SMILES string of the molecule is CCC(=O)NC1CC[C@@H](C2OC2Nc2cc(C(=O)N3CC(c4ccc(-c5ccnn5C)cc4)C3)ccc2C)C1. The van der Waals surface area contributed by atoms with Gasteiger partial charge in [-0.05, 0) is 67.0 Å². The van der Waals surface area contributed by atoms with Gasteiger partial charge >= 0.3 is 0 Å². The van der Waals surface area contributed by atoms with Gasteiger partial charge in [0.25, 0.3) is 5.91 Å². The Labute approximate surface area is 229 Å². The number of likely N-dealkylation sites (tertiary alicyclic amines) is 1. The molecule has 2 N–H and O–H groups in total. The van der Waals surface area contributed by atoms with Crippen molar-refractivity contribution >= 4 is 17.5 Å². The minimum absolute atomic E-state index is 0.0395. The largest absolute Gasteiger partial charge is 0.358 e. The molecule has 1 saturated carbocycles. The van der Waals surface area contributed by atoms with Gasteiger partial charge in [0.15, 0.2) is 6.23 Å². The minimum Gasteiger partial charge on any atom is -0.358 e. The van der Waals surface area contributed by atoms with Crippen LogP contribution in [0.5, 0.6) is 0 Å². The first-order chi connectivity index (χ1) is 18.9. The number of hydrogen-bond donors (Lipinski definition) is 2. The van der Waals surface area contributed by atoms with Crippen molar-refractivity contribution in [2.45, 2.75) is 63.8 Å². The van der Waals surface area contributed by atoms with Crippen LogP contribution in [0.15, 0.2) is 54.7 Å². The zero-order valence-corrected chi connectivity index (χ0v) is 22.9. The maximum atomic E-state index is 13.3. The van der Waals surface area contributed by atoms with E-state index in [0.717, 1.165) is 54.9 Å². The van der Waals surface area contributed by atoms with Crippen LogP contribution < -0.4 is 10.6 Å². The number of carbonyl (C=O) groups excluding carboxylic acids is 2. The van der Waals surface area contributed by atoms with Crippen molar-refractivity contribution < 1.29 is 14.3 Å². The maximum absolute atomic E-state index is 13.3. The molecule has 3 aromatic rings. The summed E-state index contributed by atoms with van der Waals surface area (Å²) >= 11 is 0. The third-order valence-corrected chi connectivity index (χ3v) is 8.60. The summed E-state index contributed by atoms with van der Waals surface area (Å²) in [4.78, 5) is 26.9. The number of nitrogens with zero attached hydrogens (tertiary/aromatic N) is 3. The van der Waals surface area contributed by atoms with E-state index in [2.05, 4.69) is 46.9 Å². The lowest BCUT2D eigenvalue weighted by Gasteiger charge is -2.39. The first-order valence-corrected chi connectivity index (χ1v) is 14.1. The molecule has 3 aliphatic rings. The van der Waals surface area contributed by atoms with Gasteiger partial charge in [-0.2, -0.15) is 5.10 Å². The van der Waals surface area contributed by atoms with E-state index in [1.54, 1.807) is 0 Å². The average Bonchev–Trinajstić information content (AvgIpc) is 3.28. The van der Waals surface area contributed by atoms with Gasteiger partial charge in [-0.3, -0.25) is 14.3 Å². The van der Waals surface area contributed by atoms with Gasteiger partial charge in [-0.25, -0.2) is 0 Å². The minimum atomic E-state index is -0.0395. The fourth-order valence-electron chi connectivity index (χ4n) is 6.06. The number of hydrogen-bond acceptors (Lipinski definition) is 5. The number of amides is 2. The number of nitrogens with one attached hydrogen (secondary N) is 2. The number of epoxide rings is 1. The van der Waals surface area contributed by atoms with Gasteiger partial charge in [0, 0.05) is 56.0 Å². The van der Waals surface area contributed by atoms with Gasteiger partial charge in [0.2, 0.25) is 5.91 Å². The molecule has 0 radical (unpaired) electrons. The summed E-state index contributed by atoms with van der Waals surface area (Å²) in [6.45, 7) is 5.39. The number of aromatic nitrogens is 2. The van der Waals surface area contributed by atoms with Crippen LogP contribution in [0.2, 0.25) is 0 Å². The van der Waals surface area contributed by atoms with Crippen molar-refractivity contribution in [2.75, 3.05) is 18.4 Å². The predicted octanol–water partition coefficient (Wildman–Crippen LogP) is 4.47. The summed E-state index contributed by atoms with van der Waals surface area (Å²) in [7, 11) is 1.95. The Morgan fingerprint density at radius 1 is 1.08 bits per heavy atom. The van der Waals surface area contributed by atoms with E-state index in [9.17, 15) is 9.59 Å². The van der Waals surface area contributed by atoms with E-state index in [-0.39, 0.29) is 30.2 Å². The number of ether oxygens (including phenoxy) is 1. The van der Waals surface area contributed by atoms with Crippen molar-refractivity contribution in [1.82, 2.24) is 20.0 Å². The molecule has 204 valence electrons. The molecular formula is C31H37N5O3. The predicted molar refractivity (Wildman–Crippen MR) is 150 cm³/mol. The second-order valence-corrected chi connectivity index (χ2v) is 11.3. The third-order valence-electron chi connectivity index (χ3n) is 8.60. The van der Waals surface area contributed by atoms with E-state index in [1.165, 1.54) is 5.56 Å². The van der Waals surface area contributed by atoms with Crippen molar-refractivity contribution in [3.05, 3.63) is 71.4 Å². The van der Waals surface area contributed by atoms with Gasteiger partial charge in [0.05, 0.1) is 5.69 Å².